The second kappa shape index (κ2) is 9.78. The zero-order valence-corrected chi connectivity index (χ0v) is 19.3. The largest absolute Gasteiger partial charge is 0.493 e. The summed E-state index contributed by atoms with van der Waals surface area (Å²) in [6.45, 7) is 7.60. The van der Waals surface area contributed by atoms with Crippen LogP contribution in [0.25, 0.3) is 5.76 Å². The molecule has 4 rings (SSSR count). The van der Waals surface area contributed by atoms with E-state index < -0.39 is 0 Å². The Hall–Kier alpha value is -2.46. The molecule has 0 aromatic heterocycles. The highest BCUT2D eigenvalue weighted by Gasteiger charge is 2.29. The average Bonchev–Trinajstić information content (AvgIpc) is 3.10. The third kappa shape index (κ3) is 5.07. The quantitative estimate of drug-likeness (QED) is 0.547. The van der Waals surface area contributed by atoms with Crippen molar-refractivity contribution in [3.05, 3.63) is 64.7 Å². The van der Waals surface area contributed by atoms with Crippen LogP contribution in [0.5, 0.6) is 11.5 Å². The Balaban J connectivity index is 1.45. The Morgan fingerprint density at radius 2 is 1.65 bits per heavy atom. The Morgan fingerprint density at radius 3 is 2.29 bits per heavy atom. The third-order valence-corrected chi connectivity index (χ3v) is 6.42. The van der Waals surface area contributed by atoms with Gasteiger partial charge in [-0.15, -0.1) is 0 Å². The number of piperidine rings is 1. The van der Waals surface area contributed by atoms with Gasteiger partial charge in [-0.3, -0.25) is 4.90 Å². The van der Waals surface area contributed by atoms with Gasteiger partial charge in [0.1, 0.15) is 5.76 Å². The van der Waals surface area contributed by atoms with Crippen LogP contribution in [-0.2, 0) is 17.7 Å². The van der Waals surface area contributed by atoms with E-state index in [2.05, 4.69) is 61.2 Å². The van der Waals surface area contributed by atoms with Crippen LogP contribution in [0.3, 0.4) is 0 Å². The fraction of sp³-hybridized carbons (Fsp3) is 0.481. The molecule has 0 bridgehead atoms. The fourth-order valence-corrected chi connectivity index (χ4v) is 4.87. The minimum atomic E-state index is 0.150. The highest BCUT2D eigenvalue weighted by atomic mass is 16.5. The number of hydrogen-bond acceptors (Lipinski definition) is 4. The van der Waals surface area contributed by atoms with E-state index in [1.54, 1.807) is 14.2 Å². The lowest BCUT2D eigenvalue weighted by atomic mass is 9.89. The summed E-state index contributed by atoms with van der Waals surface area (Å²) < 4.78 is 17.4. The van der Waals surface area contributed by atoms with Crippen molar-refractivity contribution in [3.8, 4) is 11.5 Å². The van der Waals surface area contributed by atoms with Crippen molar-refractivity contribution in [2.75, 3.05) is 27.3 Å². The van der Waals surface area contributed by atoms with Crippen LogP contribution in [0.15, 0.2) is 48.0 Å². The minimum Gasteiger partial charge on any atom is -0.493 e. The molecule has 0 amide bonds. The van der Waals surface area contributed by atoms with Gasteiger partial charge in [0.15, 0.2) is 11.5 Å². The predicted octanol–water partition coefficient (Wildman–Crippen LogP) is 5.70. The van der Waals surface area contributed by atoms with Gasteiger partial charge in [-0.05, 0) is 87.4 Å². The van der Waals surface area contributed by atoms with E-state index in [1.165, 1.54) is 48.2 Å². The van der Waals surface area contributed by atoms with E-state index in [1.807, 2.05) is 0 Å². The molecule has 0 atom stereocenters. The summed E-state index contributed by atoms with van der Waals surface area (Å²) >= 11 is 0. The summed E-state index contributed by atoms with van der Waals surface area (Å²) in [5.74, 6) is 3.34. The number of hydrogen-bond donors (Lipinski definition) is 0. The van der Waals surface area contributed by atoms with Gasteiger partial charge in [0.25, 0.3) is 0 Å². The number of rotatable bonds is 8. The molecule has 1 aliphatic heterocycles. The fourth-order valence-electron chi connectivity index (χ4n) is 4.87. The molecule has 0 radical (unpaired) electrons. The van der Waals surface area contributed by atoms with Gasteiger partial charge in [0.2, 0.25) is 0 Å². The van der Waals surface area contributed by atoms with E-state index >= 15 is 0 Å². The zero-order chi connectivity index (χ0) is 21.8. The number of methoxy groups -OCH3 is 2. The number of ether oxygens (including phenoxy) is 3. The van der Waals surface area contributed by atoms with Crippen molar-refractivity contribution < 1.29 is 14.2 Å². The van der Waals surface area contributed by atoms with Crippen molar-refractivity contribution in [1.29, 1.82) is 0 Å². The molecule has 1 heterocycles. The van der Waals surface area contributed by atoms with Crippen LogP contribution < -0.4 is 9.47 Å². The Morgan fingerprint density at radius 1 is 0.968 bits per heavy atom. The van der Waals surface area contributed by atoms with E-state index in [0.717, 1.165) is 36.6 Å². The first kappa shape index (κ1) is 21.8. The SMILES string of the molecule is COc1cc2c(cc1OC)C(OC(C)C)=C(CC1CCN(Cc3ccccc3)CC1)C2. The lowest BCUT2D eigenvalue weighted by Gasteiger charge is -2.32. The van der Waals surface area contributed by atoms with Gasteiger partial charge in [0, 0.05) is 12.1 Å². The van der Waals surface area contributed by atoms with E-state index in [9.17, 15) is 0 Å². The molecule has 0 unspecified atom stereocenters. The number of fused-ring (bicyclic) bond motifs is 1. The third-order valence-electron chi connectivity index (χ3n) is 6.42. The van der Waals surface area contributed by atoms with Crippen LogP contribution in [0, 0.1) is 5.92 Å². The first-order valence-electron chi connectivity index (χ1n) is 11.5. The molecule has 31 heavy (non-hydrogen) atoms. The highest BCUT2D eigenvalue weighted by molar-refractivity contribution is 5.74. The minimum absolute atomic E-state index is 0.150. The summed E-state index contributed by atoms with van der Waals surface area (Å²) in [4.78, 5) is 2.59. The van der Waals surface area contributed by atoms with E-state index in [-0.39, 0.29) is 6.10 Å². The lowest BCUT2D eigenvalue weighted by molar-refractivity contribution is 0.174. The summed E-state index contributed by atoms with van der Waals surface area (Å²) in [6.07, 6.45) is 4.70. The van der Waals surface area contributed by atoms with Gasteiger partial charge in [-0.25, -0.2) is 0 Å². The van der Waals surface area contributed by atoms with Crippen molar-refractivity contribution >= 4 is 5.76 Å². The molecular weight excluding hydrogens is 386 g/mol. The van der Waals surface area contributed by atoms with Crippen molar-refractivity contribution in [2.45, 2.75) is 52.2 Å². The molecule has 1 aliphatic carbocycles. The molecule has 166 valence electrons. The molecule has 4 nitrogen and oxygen atoms in total. The Labute approximate surface area is 186 Å². The van der Waals surface area contributed by atoms with Gasteiger partial charge < -0.3 is 14.2 Å². The van der Waals surface area contributed by atoms with Gasteiger partial charge in [-0.1, -0.05) is 30.3 Å². The van der Waals surface area contributed by atoms with Crippen molar-refractivity contribution in [2.24, 2.45) is 5.92 Å². The summed E-state index contributed by atoms with van der Waals surface area (Å²) in [5, 5.41) is 0. The standard InChI is InChI=1S/C27H35NO3/c1-19(2)31-27-23(15-22-16-25(29-3)26(30-4)17-24(22)27)14-20-10-12-28(13-11-20)18-21-8-6-5-7-9-21/h5-9,16-17,19-20H,10-15,18H2,1-4H3. The average molecular weight is 422 g/mol. The van der Waals surface area contributed by atoms with Crippen LogP contribution in [-0.4, -0.2) is 38.3 Å². The molecule has 0 saturated carbocycles. The van der Waals surface area contributed by atoms with E-state index in [4.69, 9.17) is 14.2 Å². The van der Waals surface area contributed by atoms with Gasteiger partial charge in [-0.2, -0.15) is 0 Å². The Bertz CT molecular complexity index is 912. The summed E-state index contributed by atoms with van der Waals surface area (Å²) in [7, 11) is 3.39. The van der Waals surface area contributed by atoms with Gasteiger partial charge in [0.05, 0.1) is 20.3 Å². The van der Waals surface area contributed by atoms with Crippen LogP contribution in [0.1, 0.15) is 49.8 Å². The van der Waals surface area contributed by atoms with E-state index in [0.29, 0.717) is 5.92 Å². The molecule has 2 aromatic rings. The number of allylic oxidation sites excluding steroid dienone is 1. The lowest BCUT2D eigenvalue weighted by Crippen LogP contribution is -2.33. The Kier molecular flexibility index (Phi) is 6.86. The van der Waals surface area contributed by atoms with Crippen LogP contribution >= 0.6 is 0 Å². The molecule has 1 fully saturated rings. The molecule has 2 aromatic carbocycles. The zero-order valence-electron chi connectivity index (χ0n) is 19.3. The molecule has 4 heteroatoms. The number of benzene rings is 2. The second-order valence-electron chi connectivity index (χ2n) is 9.05. The molecular formula is C27H35NO3. The molecule has 0 N–H and O–H groups in total. The maximum absolute atomic E-state index is 6.34. The first-order chi connectivity index (χ1) is 15.1. The monoisotopic (exact) mass is 421 g/mol. The topological polar surface area (TPSA) is 30.9 Å². The van der Waals surface area contributed by atoms with Crippen molar-refractivity contribution in [1.82, 2.24) is 4.90 Å². The highest BCUT2D eigenvalue weighted by Crippen LogP contribution is 2.43. The summed E-state index contributed by atoms with van der Waals surface area (Å²) in [5.41, 5.74) is 5.29. The molecule has 2 aliphatic rings. The van der Waals surface area contributed by atoms with Crippen LogP contribution in [0.2, 0.25) is 0 Å². The molecule has 1 saturated heterocycles. The number of nitrogens with zero attached hydrogens (tertiary/aromatic N) is 1. The van der Waals surface area contributed by atoms with Gasteiger partial charge >= 0.3 is 0 Å². The van der Waals surface area contributed by atoms with Crippen LogP contribution in [0.4, 0.5) is 0 Å². The predicted molar refractivity (Wildman–Crippen MR) is 125 cm³/mol. The maximum atomic E-state index is 6.34. The summed E-state index contributed by atoms with van der Waals surface area (Å²) in [6, 6.07) is 15.0. The smallest absolute Gasteiger partial charge is 0.161 e. The normalized spacial score (nSPS) is 17.2. The second-order valence-corrected chi connectivity index (χ2v) is 9.05. The maximum Gasteiger partial charge on any atom is 0.161 e. The first-order valence-corrected chi connectivity index (χ1v) is 11.5. The number of likely N-dealkylation sites (tertiary alicyclic amines) is 1. The van der Waals surface area contributed by atoms with Crippen molar-refractivity contribution in [3.63, 3.8) is 0 Å². The molecule has 0 spiro atoms.